The summed E-state index contributed by atoms with van der Waals surface area (Å²) in [5.74, 6) is 6.61. The normalized spacial score (nSPS) is 20.2. The number of amides is 1. The number of hydrogen-bond donors (Lipinski definition) is 2. The fourth-order valence-corrected chi connectivity index (χ4v) is 4.02. The first-order valence-electron chi connectivity index (χ1n) is 8.83. The van der Waals surface area contributed by atoms with Gasteiger partial charge >= 0.3 is 0 Å². The lowest BCUT2D eigenvalue weighted by atomic mass is 9.78. The summed E-state index contributed by atoms with van der Waals surface area (Å²) < 4.78 is 5.43. The van der Waals surface area contributed by atoms with Gasteiger partial charge in [0.05, 0.1) is 7.11 Å². The van der Waals surface area contributed by atoms with Gasteiger partial charge in [-0.2, -0.15) is 0 Å². The van der Waals surface area contributed by atoms with Crippen LogP contribution < -0.4 is 20.9 Å². The van der Waals surface area contributed by atoms with Crippen LogP contribution in [0.4, 0.5) is 5.69 Å². The topological polar surface area (TPSA) is 67.6 Å². The molecule has 0 fully saturated rings. The maximum absolute atomic E-state index is 12.5. The van der Waals surface area contributed by atoms with E-state index in [1.165, 1.54) is 5.56 Å². The van der Waals surface area contributed by atoms with Crippen molar-refractivity contribution < 1.29 is 9.53 Å². The van der Waals surface area contributed by atoms with Crippen molar-refractivity contribution in [2.75, 3.05) is 12.0 Å². The van der Waals surface area contributed by atoms with Crippen molar-refractivity contribution in [1.29, 1.82) is 0 Å². The Bertz CT molecular complexity index is 586. The van der Waals surface area contributed by atoms with Gasteiger partial charge in [0.1, 0.15) is 11.8 Å². The number of hydrazine groups is 1. The van der Waals surface area contributed by atoms with E-state index in [1.807, 2.05) is 6.07 Å². The number of rotatable bonds is 6. The Balaban J connectivity index is 2.55. The molecule has 0 aromatic heterocycles. The molecule has 5 nitrogen and oxygen atoms in total. The summed E-state index contributed by atoms with van der Waals surface area (Å²) in [6.45, 7) is 8.79. The van der Waals surface area contributed by atoms with Crippen molar-refractivity contribution in [3.63, 3.8) is 0 Å². The molecule has 0 radical (unpaired) electrons. The van der Waals surface area contributed by atoms with E-state index in [0.717, 1.165) is 37.1 Å². The van der Waals surface area contributed by atoms with E-state index in [4.69, 9.17) is 10.6 Å². The van der Waals surface area contributed by atoms with Gasteiger partial charge in [0.15, 0.2) is 0 Å². The van der Waals surface area contributed by atoms with Crippen LogP contribution in [0.25, 0.3) is 0 Å². The first-order chi connectivity index (χ1) is 11.4. The molecule has 0 saturated heterocycles. The van der Waals surface area contributed by atoms with Gasteiger partial charge in [-0.1, -0.05) is 32.8 Å². The minimum atomic E-state index is -0.275. The molecule has 24 heavy (non-hydrogen) atoms. The molecule has 0 aliphatic carbocycles. The average Bonchev–Trinajstić information content (AvgIpc) is 2.55. The highest BCUT2D eigenvalue weighted by Crippen LogP contribution is 2.46. The molecule has 0 saturated carbocycles. The van der Waals surface area contributed by atoms with Crippen LogP contribution in [-0.2, 0) is 4.79 Å². The second kappa shape index (κ2) is 7.43. The van der Waals surface area contributed by atoms with Crippen LogP contribution in [0.2, 0.25) is 0 Å². The van der Waals surface area contributed by atoms with Crippen LogP contribution in [0.5, 0.6) is 5.75 Å². The molecule has 2 rings (SSSR count). The maximum atomic E-state index is 12.5. The number of unbranched alkanes of at least 4 members (excludes halogenated alkanes) is 1. The summed E-state index contributed by atoms with van der Waals surface area (Å²) >= 11 is 0. The van der Waals surface area contributed by atoms with Gasteiger partial charge in [0.2, 0.25) is 0 Å². The van der Waals surface area contributed by atoms with Gasteiger partial charge in [0.25, 0.3) is 5.91 Å². The van der Waals surface area contributed by atoms with Crippen molar-refractivity contribution in [2.45, 2.75) is 70.9 Å². The second-order valence-corrected chi connectivity index (χ2v) is 7.38. The quantitative estimate of drug-likeness (QED) is 0.476. The van der Waals surface area contributed by atoms with Crippen LogP contribution in [0.3, 0.4) is 0 Å². The molecule has 1 amide bonds. The molecule has 5 heteroatoms. The molecule has 3 N–H and O–H groups in total. The Labute approximate surface area is 145 Å². The third-order valence-corrected chi connectivity index (χ3v) is 5.07. The molecule has 1 aromatic carbocycles. The minimum Gasteiger partial charge on any atom is -0.497 e. The zero-order valence-corrected chi connectivity index (χ0v) is 15.6. The van der Waals surface area contributed by atoms with Crippen molar-refractivity contribution in [2.24, 2.45) is 5.84 Å². The Morgan fingerprint density at radius 3 is 2.79 bits per heavy atom. The van der Waals surface area contributed by atoms with Crippen molar-refractivity contribution >= 4 is 11.6 Å². The number of nitrogens with zero attached hydrogens (tertiary/aromatic N) is 1. The number of ether oxygens (including phenoxy) is 1. The highest BCUT2D eigenvalue weighted by atomic mass is 16.5. The number of nitrogens with one attached hydrogen (secondary N) is 1. The number of benzene rings is 1. The largest absolute Gasteiger partial charge is 0.497 e. The summed E-state index contributed by atoms with van der Waals surface area (Å²) in [7, 11) is 1.67. The van der Waals surface area contributed by atoms with Crippen LogP contribution in [0.15, 0.2) is 18.2 Å². The average molecular weight is 333 g/mol. The van der Waals surface area contributed by atoms with E-state index in [1.54, 1.807) is 7.11 Å². The third-order valence-electron chi connectivity index (χ3n) is 5.07. The SMILES string of the molecule is CCCCC(C(=O)NN)N1c2cc(OC)ccc2C(C)CC1(C)C. The number of methoxy groups -OCH3 is 1. The van der Waals surface area contributed by atoms with E-state index in [2.05, 4.69) is 50.2 Å². The van der Waals surface area contributed by atoms with Gasteiger partial charge in [-0.05, 0) is 44.2 Å². The molecule has 1 aliphatic rings. The highest BCUT2D eigenvalue weighted by Gasteiger charge is 2.42. The summed E-state index contributed by atoms with van der Waals surface area (Å²) in [6.07, 6.45) is 3.81. The first kappa shape index (κ1) is 18.6. The molecular weight excluding hydrogens is 302 g/mol. The lowest BCUT2D eigenvalue weighted by Gasteiger charge is -2.50. The third kappa shape index (κ3) is 3.51. The summed E-state index contributed by atoms with van der Waals surface area (Å²) in [6, 6.07) is 5.90. The van der Waals surface area contributed by atoms with Crippen molar-refractivity contribution in [3.8, 4) is 5.75 Å². The second-order valence-electron chi connectivity index (χ2n) is 7.38. The lowest BCUT2D eigenvalue weighted by molar-refractivity contribution is -0.123. The van der Waals surface area contributed by atoms with Gasteiger partial charge in [0, 0.05) is 17.3 Å². The number of fused-ring (bicyclic) bond motifs is 1. The Morgan fingerprint density at radius 1 is 1.50 bits per heavy atom. The fourth-order valence-electron chi connectivity index (χ4n) is 4.02. The summed E-state index contributed by atoms with van der Waals surface area (Å²) in [4.78, 5) is 14.8. The lowest BCUT2D eigenvalue weighted by Crippen LogP contribution is -2.59. The Morgan fingerprint density at radius 2 is 2.21 bits per heavy atom. The van der Waals surface area contributed by atoms with E-state index in [0.29, 0.717) is 5.92 Å². The predicted molar refractivity (Wildman–Crippen MR) is 98.2 cm³/mol. The van der Waals surface area contributed by atoms with Gasteiger partial charge in [-0.3, -0.25) is 10.2 Å². The maximum Gasteiger partial charge on any atom is 0.256 e. The van der Waals surface area contributed by atoms with Crippen LogP contribution in [0.1, 0.15) is 64.9 Å². The first-order valence-corrected chi connectivity index (χ1v) is 8.83. The Kier molecular flexibility index (Phi) is 5.75. The molecule has 0 spiro atoms. The summed E-state index contributed by atoms with van der Waals surface area (Å²) in [5.41, 5.74) is 4.58. The van der Waals surface area contributed by atoms with E-state index in [-0.39, 0.29) is 17.5 Å². The molecule has 1 heterocycles. The molecule has 2 unspecified atom stereocenters. The van der Waals surface area contributed by atoms with Crippen LogP contribution in [-0.4, -0.2) is 24.6 Å². The molecule has 0 bridgehead atoms. The monoisotopic (exact) mass is 333 g/mol. The smallest absolute Gasteiger partial charge is 0.256 e. The zero-order chi connectivity index (χ0) is 17.9. The molecule has 2 atom stereocenters. The standard InChI is InChI=1S/C19H31N3O2/c1-6-7-8-16(18(23)21-20)22-17-11-14(24-5)9-10-15(17)13(2)12-19(22,3)4/h9-11,13,16H,6-8,12,20H2,1-5H3,(H,21,23). The molecule has 1 aromatic rings. The van der Waals surface area contributed by atoms with Gasteiger partial charge < -0.3 is 9.64 Å². The van der Waals surface area contributed by atoms with E-state index < -0.39 is 0 Å². The molecule has 134 valence electrons. The summed E-state index contributed by atoms with van der Waals surface area (Å²) in [5, 5.41) is 0. The van der Waals surface area contributed by atoms with Gasteiger partial charge in [-0.25, -0.2) is 5.84 Å². The number of carbonyl (C=O) groups is 1. The van der Waals surface area contributed by atoms with E-state index >= 15 is 0 Å². The van der Waals surface area contributed by atoms with Crippen LogP contribution in [0, 0.1) is 0 Å². The fraction of sp³-hybridized carbons (Fsp3) is 0.632. The zero-order valence-electron chi connectivity index (χ0n) is 15.6. The number of carbonyl (C=O) groups excluding carboxylic acids is 1. The predicted octanol–water partition coefficient (Wildman–Crippen LogP) is 3.34. The number of hydrogen-bond acceptors (Lipinski definition) is 4. The number of anilines is 1. The van der Waals surface area contributed by atoms with E-state index in [9.17, 15) is 4.79 Å². The highest BCUT2D eigenvalue weighted by molar-refractivity contribution is 5.86. The number of nitrogens with two attached hydrogens (primary N) is 1. The van der Waals surface area contributed by atoms with Crippen molar-refractivity contribution in [3.05, 3.63) is 23.8 Å². The van der Waals surface area contributed by atoms with Crippen molar-refractivity contribution in [1.82, 2.24) is 5.43 Å². The van der Waals surface area contributed by atoms with Crippen LogP contribution >= 0.6 is 0 Å². The molecule has 1 aliphatic heterocycles. The van der Waals surface area contributed by atoms with Gasteiger partial charge in [-0.15, -0.1) is 0 Å². The Hall–Kier alpha value is -1.75. The minimum absolute atomic E-state index is 0.125. The molecular formula is C19H31N3O2.